The third-order valence-corrected chi connectivity index (χ3v) is 12.5. The Labute approximate surface area is 224 Å². The lowest BCUT2D eigenvalue weighted by Gasteiger charge is -2.62. The second-order valence-corrected chi connectivity index (χ2v) is 13.6. The second kappa shape index (κ2) is 6.82. The van der Waals surface area contributed by atoms with Crippen LogP contribution in [0.15, 0.2) is 12.2 Å². The van der Waals surface area contributed by atoms with Crippen molar-refractivity contribution in [1.29, 1.82) is 0 Å². The van der Waals surface area contributed by atoms with Crippen molar-refractivity contribution in [1.82, 2.24) is 0 Å². The maximum atomic E-state index is 14.7. The van der Waals surface area contributed by atoms with E-state index in [-0.39, 0.29) is 32.1 Å². The number of ketones is 2. The summed E-state index contributed by atoms with van der Waals surface area (Å²) in [6.45, 7) is 6.27. The maximum absolute atomic E-state index is 14.7. The molecular formula is C28H34O11. The largest absolute Gasteiger partial charge is 0.458 e. The Morgan fingerprint density at radius 1 is 1.03 bits per heavy atom. The zero-order valence-corrected chi connectivity index (χ0v) is 22.3. The van der Waals surface area contributed by atoms with Crippen LogP contribution in [0, 0.1) is 34.5 Å². The van der Waals surface area contributed by atoms with Gasteiger partial charge in [-0.05, 0) is 63.4 Å². The van der Waals surface area contributed by atoms with Crippen molar-refractivity contribution in [3.05, 3.63) is 12.2 Å². The Morgan fingerprint density at radius 3 is 2.41 bits per heavy atom. The van der Waals surface area contributed by atoms with Gasteiger partial charge in [0, 0.05) is 5.92 Å². The molecule has 212 valence electrons. The standard InChI is InChI=1S/C28H34O11/c1-12-20(32)37-17-11-22(12,2)18-19(31)27(36)14-10-16(30)25(34)8-5-6-15(29)23(25,3)13(14)7-9-26(35)21(33)38-24(17,4)28(18,26)39-27/h5-6,12-14,16-18,30,34-36H,7-11H2,1-4H3/t12-,13+,14-,16-,17-,18+,22-,23+,24+,25+,26+,27+,28+/m1/s1. The number of rotatable bonds is 0. The van der Waals surface area contributed by atoms with E-state index in [1.54, 1.807) is 13.8 Å². The SMILES string of the molecule is C[C@@H]1C(=O)O[C@@H]2C[C@@]1(C)[C@@H]1C(=O)[C@@]3(O)O[C@]14[C@@]2(C)OC(=O)[C@@]4(O)CC[C@H]1[C@H]3C[C@@H](O)[C@@]2(O)CC=CC(=O)[C@]12C. The van der Waals surface area contributed by atoms with E-state index in [2.05, 4.69) is 0 Å². The number of aliphatic hydroxyl groups is 4. The highest BCUT2D eigenvalue weighted by Gasteiger charge is 2.92. The monoisotopic (exact) mass is 546 g/mol. The van der Waals surface area contributed by atoms with Crippen molar-refractivity contribution in [3.63, 3.8) is 0 Å². The molecule has 0 aromatic carbocycles. The third-order valence-electron chi connectivity index (χ3n) is 12.5. The number of ether oxygens (including phenoxy) is 3. The zero-order chi connectivity index (χ0) is 28.3. The molecular weight excluding hydrogens is 512 g/mol. The van der Waals surface area contributed by atoms with E-state index in [9.17, 15) is 39.6 Å². The summed E-state index contributed by atoms with van der Waals surface area (Å²) >= 11 is 0. The Bertz CT molecular complexity index is 1290. The van der Waals surface area contributed by atoms with Gasteiger partial charge in [-0.15, -0.1) is 0 Å². The topological polar surface area (TPSA) is 177 Å². The molecule has 3 aliphatic carbocycles. The number of fused-ring (bicyclic) bond motifs is 9. The number of hydrogen-bond acceptors (Lipinski definition) is 11. The molecule has 11 heteroatoms. The van der Waals surface area contributed by atoms with Gasteiger partial charge >= 0.3 is 11.9 Å². The van der Waals surface area contributed by atoms with Crippen molar-refractivity contribution in [2.24, 2.45) is 34.5 Å². The van der Waals surface area contributed by atoms with Crippen LogP contribution in [0.4, 0.5) is 0 Å². The molecule has 39 heavy (non-hydrogen) atoms. The minimum atomic E-state index is -2.66. The minimum Gasteiger partial charge on any atom is -0.458 e. The summed E-state index contributed by atoms with van der Waals surface area (Å²) in [5.41, 5.74) is -11.1. The van der Waals surface area contributed by atoms with E-state index < -0.39 is 98.4 Å². The molecule has 0 unspecified atom stereocenters. The van der Waals surface area contributed by atoms with Gasteiger partial charge in [-0.25, -0.2) is 4.79 Å². The highest BCUT2D eigenvalue weighted by atomic mass is 16.7. The highest BCUT2D eigenvalue weighted by molar-refractivity contribution is 6.00. The number of Topliss-reactive ketones (excluding diaryl/α,β-unsaturated/α-hetero) is 1. The molecule has 4 aliphatic heterocycles. The molecule has 0 radical (unpaired) electrons. The molecule has 7 rings (SSSR count). The molecule has 13 atom stereocenters. The normalized spacial score (nSPS) is 60.9. The molecule has 0 amide bonds. The molecule has 11 nitrogen and oxygen atoms in total. The fourth-order valence-corrected chi connectivity index (χ4v) is 10.0. The van der Waals surface area contributed by atoms with Crippen LogP contribution in [0.25, 0.3) is 0 Å². The van der Waals surface area contributed by atoms with E-state index in [1.807, 2.05) is 0 Å². The number of hydrogen-bond donors (Lipinski definition) is 4. The van der Waals surface area contributed by atoms with Crippen LogP contribution >= 0.6 is 0 Å². The summed E-state index contributed by atoms with van der Waals surface area (Å²) < 4.78 is 18.0. The first-order valence-electron chi connectivity index (χ1n) is 13.7. The minimum absolute atomic E-state index is 0.0273. The zero-order valence-electron chi connectivity index (χ0n) is 22.3. The molecule has 0 aromatic heterocycles. The molecule has 4 heterocycles. The van der Waals surface area contributed by atoms with Gasteiger partial charge in [0.15, 0.2) is 28.4 Å². The fraction of sp³-hybridized carbons (Fsp3) is 0.786. The van der Waals surface area contributed by atoms with E-state index in [4.69, 9.17) is 14.2 Å². The van der Waals surface area contributed by atoms with Crippen LogP contribution in [-0.2, 0) is 33.4 Å². The molecule has 7 aliphatic rings. The van der Waals surface area contributed by atoms with Crippen LogP contribution < -0.4 is 0 Å². The lowest BCUT2D eigenvalue weighted by molar-refractivity contribution is -0.356. The van der Waals surface area contributed by atoms with Gasteiger partial charge in [0.2, 0.25) is 5.79 Å². The number of allylic oxidation sites excluding steroid dienone is 1. The first-order chi connectivity index (χ1) is 18.0. The van der Waals surface area contributed by atoms with Crippen LogP contribution in [0.5, 0.6) is 0 Å². The van der Waals surface area contributed by atoms with Crippen molar-refractivity contribution in [3.8, 4) is 0 Å². The van der Waals surface area contributed by atoms with Crippen LogP contribution in [0.3, 0.4) is 0 Å². The van der Waals surface area contributed by atoms with Gasteiger partial charge < -0.3 is 34.6 Å². The van der Waals surface area contributed by atoms with Crippen molar-refractivity contribution >= 4 is 23.5 Å². The summed E-state index contributed by atoms with van der Waals surface area (Å²) in [7, 11) is 0. The van der Waals surface area contributed by atoms with Gasteiger partial charge in [-0.2, -0.15) is 0 Å². The number of esters is 2. The van der Waals surface area contributed by atoms with Gasteiger partial charge in [-0.3, -0.25) is 14.4 Å². The predicted octanol–water partition coefficient (Wildman–Crippen LogP) is -0.295. The molecule has 4 saturated heterocycles. The molecule has 4 N–H and O–H groups in total. The maximum Gasteiger partial charge on any atom is 0.342 e. The van der Waals surface area contributed by atoms with Gasteiger partial charge in [0.05, 0.1) is 23.4 Å². The lowest BCUT2D eigenvalue weighted by Crippen LogP contribution is -2.78. The van der Waals surface area contributed by atoms with E-state index >= 15 is 0 Å². The average Bonchev–Trinajstić information content (AvgIpc) is 3.21. The van der Waals surface area contributed by atoms with Crippen molar-refractivity contribution in [2.45, 2.75) is 100 Å². The summed E-state index contributed by atoms with van der Waals surface area (Å²) in [6, 6.07) is 0. The molecule has 4 bridgehead atoms. The molecule has 2 saturated carbocycles. The van der Waals surface area contributed by atoms with Gasteiger partial charge in [0.25, 0.3) is 0 Å². The second-order valence-electron chi connectivity index (χ2n) is 13.6. The van der Waals surface area contributed by atoms with Crippen molar-refractivity contribution < 1.29 is 53.8 Å². The Kier molecular flexibility index (Phi) is 4.50. The number of carbonyl (C=O) groups excluding carboxylic acids is 4. The molecule has 1 spiro atoms. The fourth-order valence-electron chi connectivity index (χ4n) is 10.0. The van der Waals surface area contributed by atoms with E-state index in [1.165, 1.54) is 26.0 Å². The number of carbonyl (C=O) groups is 4. The first kappa shape index (κ1) is 25.8. The first-order valence-corrected chi connectivity index (χ1v) is 13.7. The van der Waals surface area contributed by atoms with Crippen LogP contribution in [-0.4, -0.2) is 84.3 Å². The Hall–Kier alpha value is -2.18. The average molecular weight is 547 g/mol. The van der Waals surface area contributed by atoms with Crippen LogP contribution in [0.1, 0.15) is 59.8 Å². The predicted molar refractivity (Wildman–Crippen MR) is 127 cm³/mol. The van der Waals surface area contributed by atoms with Gasteiger partial charge in [0.1, 0.15) is 11.7 Å². The quantitative estimate of drug-likeness (QED) is 0.294. The van der Waals surface area contributed by atoms with Crippen molar-refractivity contribution in [2.75, 3.05) is 0 Å². The summed E-state index contributed by atoms with van der Waals surface area (Å²) in [6.07, 6.45) is -0.242. The summed E-state index contributed by atoms with van der Waals surface area (Å²) in [4.78, 5) is 54.7. The summed E-state index contributed by atoms with van der Waals surface area (Å²) in [5, 5.41) is 47.7. The van der Waals surface area contributed by atoms with E-state index in [0.717, 1.165) is 0 Å². The third kappa shape index (κ3) is 2.29. The number of aliphatic hydroxyl groups excluding tert-OH is 1. The highest BCUT2D eigenvalue weighted by Crippen LogP contribution is 2.73. The Balaban J connectivity index is 1.50. The summed E-state index contributed by atoms with van der Waals surface area (Å²) in [5.74, 6) is -9.93. The molecule has 0 aromatic rings. The molecule has 6 fully saturated rings. The Morgan fingerprint density at radius 2 is 1.72 bits per heavy atom. The van der Waals surface area contributed by atoms with Gasteiger partial charge in [-0.1, -0.05) is 19.9 Å². The van der Waals surface area contributed by atoms with E-state index in [0.29, 0.717) is 0 Å². The van der Waals surface area contributed by atoms with Crippen LogP contribution in [0.2, 0.25) is 0 Å². The smallest absolute Gasteiger partial charge is 0.342 e. The lowest BCUT2D eigenvalue weighted by atomic mass is 9.46.